The van der Waals surface area contributed by atoms with Crippen LogP contribution < -0.4 is 14.8 Å². The molecule has 12 nitrogen and oxygen atoms in total. The molecule has 9 rings (SSSR count). The average molecular weight is 703 g/mol. The lowest BCUT2D eigenvalue weighted by molar-refractivity contribution is -0.147. The maximum atomic E-state index is 14.0. The summed E-state index contributed by atoms with van der Waals surface area (Å²) >= 11 is 0. The molecule has 266 valence electrons. The van der Waals surface area contributed by atoms with E-state index < -0.39 is 33.5 Å². The number of amides is 3. The van der Waals surface area contributed by atoms with E-state index in [1.165, 1.54) is 26.1 Å². The third-order valence-corrected chi connectivity index (χ3v) is 13.4. The summed E-state index contributed by atoms with van der Waals surface area (Å²) in [6.07, 6.45) is 7.99. The van der Waals surface area contributed by atoms with Crippen molar-refractivity contribution in [3.05, 3.63) is 53.1 Å². The monoisotopic (exact) mass is 702 g/mol. The second-order valence-electron chi connectivity index (χ2n) is 15.0. The minimum absolute atomic E-state index is 0.0404. The highest BCUT2D eigenvalue weighted by atomic mass is 32.2. The van der Waals surface area contributed by atoms with Crippen molar-refractivity contribution in [1.82, 2.24) is 28.7 Å². The smallest absolute Gasteiger partial charge is 0.312 e. The summed E-state index contributed by atoms with van der Waals surface area (Å²) in [6, 6.07) is 11.7. The molecule has 2 aliphatic carbocycles. The van der Waals surface area contributed by atoms with Gasteiger partial charge in [-0.2, -0.15) is 12.7 Å². The van der Waals surface area contributed by atoms with Crippen LogP contribution in [0.4, 0.5) is 0 Å². The van der Waals surface area contributed by atoms with E-state index in [-0.39, 0.29) is 17.5 Å². The Bertz CT molecular complexity index is 1990. The molecular weight excluding hydrogens is 657 g/mol. The van der Waals surface area contributed by atoms with Crippen molar-refractivity contribution in [3.8, 4) is 17.0 Å². The van der Waals surface area contributed by atoms with Gasteiger partial charge in [-0.3, -0.25) is 14.4 Å². The maximum Gasteiger partial charge on any atom is 0.312 e. The first-order valence-corrected chi connectivity index (χ1v) is 19.4. The first-order chi connectivity index (χ1) is 24.0. The molecule has 2 aromatic carbocycles. The molecule has 2 N–H and O–H groups in total. The molecule has 50 heavy (non-hydrogen) atoms. The van der Waals surface area contributed by atoms with Crippen LogP contribution in [-0.2, 0) is 26.3 Å². The van der Waals surface area contributed by atoms with Crippen LogP contribution in [0.25, 0.3) is 22.2 Å². The number of ether oxygens (including phenoxy) is 1. The van der Waals surface area contributed by atoms with Crippen LogP contribution in [0, 0.1) is 0 Å². The lowest BCUT2D eigenvalue weighted by Gasteiger charge is -2.31. The number of carbonyl (C=O) groups is 3. The Hall–Kier alpha value is -3.94. The molecule has 2 saturated carbocycles. The molecule has 2 bridgehead atoms. The summed E-state index contributed by atoms with van der Waals surface area (Å²) in [6.45, 7) is 3.65. The summed E-state index contributed by atoms with van der Waals surface area (Å²) in [5.74, 6) is -0.751. The van der Waals surface area contributed by atoms with Crippen molar-refractivity contribution in [2.24, 2.45) is 0 Å². The van der Waals surface area contributed by atoms with E-state index in [2.05, 4.69) is 31.6 Å². The van der Waals surface area contributed by atoms with Gasteiger partial charge in [-0.05, 0) is 79.5 Å². The van der Waals surface area contributed by atoms with Crippen molar-refractivity contribution in [1.29, 1.82) is 0 Å². The minimum Gasteiger partial charge on any atom is -0.497 e. The van der Waals surface area contributed by atoms with Gasteiger partial charge >= 0.3 is 22.0 Å². The lowest BCUT2D eigenvalue weighted by atomic mass is 9.81. The zero-order valence-electron chi connectivity index (χ0n) is 29.0. The normalized spacial score (nSPS) is 26.0. The highest BCUT2D eigenvalue weighted by Gasteiger charge is 2.59. The van der Waals surface area contributed by atoms with Gasteiger partial charge < -0.3 is 24.4 Å². The van der Waals surface area contributed by atoms with Crippen LogP contribution in [0.1, 0.15) is 84.7 Å². The average Bonchev–Trinajstić information content (AvgIpc) is 3.84. The van der Waals surface area contributed by atoms with Gasteiger partial charge in [0.1, 0.15) is 5.75 Å². The molecule has 0 radical (unpaired) electrons. The number of rotatable bonds is 6. The number of piperidine rings is 1. The first-order valence-electron chi connectivity index (χ1n) is 17.9. The van der Waals surface area contributed by atoms with Crippen molar-refractivity contribution < 1.29 is 27.5 Å². The molecule has 3 amide bonds. The Balaban J connectivity index is 1.24. The number of nitrogens with zero attached hydrogens (tertiary/aromatic N) is 4. The van der Waals surface area contributed by atoms with Crippen molar-refractivity contribution in [3.63, 3.8) is 0 Å². The molecule has 3 saturated heterocycles. The van der Waals surface area contributed by atoms with E-state index >= 15 is 0 Å². The van der Waals surface area contributed by atoms with Gasteiger partial charge in [0.2, 0.25) is 0 Å². The van der Waals surface area contributed by atoms with E-state index in [0.29, 0.717) is 25.4 Å². The topological polar surface area (TPSA) is 133 Å². The standard InChI is InChI=1S/C37H46N6O6S/c1-40(2)50(47,48)39-34(44)24-9-11-28-31(19-24)43-22-37(38-35(45)36(46)42-18-17-41-15-13-25(42)14-16-41)21-30(37)29-20-26(49-3)10-12-27(29)33(43)32(28)23-7-5-4-6-8-23/h9-12,19-20,23,25,30H,4-8,13-18,21-22H2,1-3H3,(H,38,45)(H,39,44). The minimum atomic E-state index is -4.00. The zero-order chi connectivity index (χ0) is 34.9. The fourth-order valence-corrected chi connectivity index (χ4v) is 9.66. The van der Waals surface area contributed by atoms with E-state index in [1.807, 2.05) is 12.1 Å². The number of hydrogen-bond acceptors (Lipinski definition) is 7. The molecule has 13 heteroatoms. The number of benzene rings is 2. The summed E-state index contributed by atoms with van der Waals surface area (Å²) < 4.78 is 36.2. The number of fused-ring (bicyclic) bond motifs is 11. The molecule has 5 fully saturated rings. The van der Waals surface area contributed by atoms with Gasteiger partial charge in [0.25, 0.3) is 5.91 Å². The predicted octanol–water partition coefficient (Wildman–Crippen LogP) is 3.56. The largest absolute Gasteiger partial charge is 0.497 e. The Labute approximate surface area is 293 Å². The zero-order valence-corrected chi connectivity index (χ0v) is 29.9. The van der Waals surface area contributed by atoms with E-state index in [0.717, 1.165) is 95.9 Å². The summed E-state index contributed by atoms with van der Waals surface area (Å²) in [5, 5.41) is 4.29. The van der Waals surface area contributed by atoms with Crippen LogP contribution in [0.3, 0.4) is 0 Å². The molecule has 2 unspecified atom stereocenters. The Morgan fingerprint density at radius 3 is 2.42 bits per heavy atom. The second kappa shape index (κ2) is 12.4. The van der Waals surface area contributed by atoms with E-state index in [9.17, 15) is 22.8 Å². The molecule has 3 aromatic rings. The lowest BCUT2D eigenvalue weighted by Crippen LogP contribution is -2.52. The van der Waals surface area contributed by atoms with Crippen LogP contribution in [-0.4, -0.2) is 104 Å². The predicted molar refractivity (Wildman–Crippen MR) is 189 cm³/mol. The highest BCUT2D eigenvalue weighted by Crippen LogP contribution is 2.60. The number of aromatic nitrogens is 1. The number of hydrogen-bond donors (Lipinski definition) is 2. The maximum absolute atomic E-state index is 14.0. The number of methoxy groups -OCH3 is 1. The Morgan fingerprint density at radius 1 is 0.940 bits per heavy atom. The quantitative estimate of drug-likeness (QED) is 0.376. The molecule has 4 aliphatic heterocycles. The third-order valence-electron chi connectivity index (χ3n) is 12.0. The Kier molecular flexibility index (Phi) is 8.22. The Morgan fingerprint density at radius 2 is 1.70 bits per heavy atom. The SMILES string of the molecule is COc1ccc2c(c1)C1CC1(NC(=O)C(=O)N1CCN3CCC1CC3)Cn1c-2c(C2CCCCC2)c2ccc(C(=O)NS(=O)(=O)N(C)C)cc21. The molecule has 1 aromatic heterocycles. The van der Waals surface area contributed by atoms with Crippen LogP contribution >= 0.6 is 0 Å². The van der Waals surface area contributed by atoms with Crippen molar-refractivity contribution in [2.45, 2.75) is 81.3 Å². The fourth-order valence-electron chi connectivity index (χ4n) is 9.13. The molecule has 5 heterocycles. The van der Waals surface area contributed by atoms with Crippen molar-refractivity contribution in [2.75, 3.05) is 47.4 Å². The van der Waals surface area contributed by atoms with Gasteiger partial charge in [-0.1, -0.05) is 25.3 Å². The van der Waals surface area contributed by atoms with Crippen molar-refractivity contribution >= 4 is 38.8 Å². The summed E-state index contributed by atoms with van der Waals surface area (Å²) in [4.78, 5) is 45.3. The summed E-state index contributed by atoms with van der Waals surface area (Å²) in [5.41, 5.74) is 4.74. The number of carbonyl (C=O) groups excluding carboxylic acids is 3. The van der Waals surface area contributed by atoms with E-state index in [4.69, 9.17) is 4.74 Å². The first kappa shape index (κ1) is 33.2. The molecule has 6 aliphatic rings. The van der Waals surface area contributed by atoms with Gasteiger partial charge in [0.15, 0.2) is 0 Å². The second-order valence-corrected chi connectivity index (χ2v) is 16.9. The van der Waals surface area contributed by atoms with Crippen LogP contribution in [0.15, 0.2) is 36.4 Å². The molecular formula is C37H46N6O6S. The third kappa shape index (κ3) is 5.57. The van der Waals surface area contributed by atoms with Gasteiger partial charge in [0, 0.05) is 80.8 Å². The van der Waals surface area contributed by atoms with Gasteiger partial charge in [-0.15, -0.1) is 0 Å². The van der Waals surface area contributed by atoms with E-state index in [1.54, 1.807) is 24.1 Å². The molecule has 2 atom stereocenters. The van der Waals surface area contributed by atoms with Crippen LogP contribution in [0.5, 0.6) is 5.75 Å². The van der Waals surface area contributed by atoms with Gasteiger partial charge in [0.05, 0.1) is 18.3 Å². The fraction of sp³-hybridized carbons (Fsp3) is 0.541. The summed E-state index contributed by atoms with van der Waals surface area (Å²) in [7, 11) is 0.389. The van der Waals surface area contributed by atoms with Gasteiger partial charge in [-0.25, -0.2) is 4.72 Å². The van der Waals surface area contributed by atoms with Crippen LogP contribution in [0.2, 0.25) is 0 Å². The molecule has 0 spiro atoms. The highest BCUT2D eigenvalue weighted by molar-refractivity contribution is 7.87. The number of nitrogens with one attached hydrogen (secondary N) is 2.